The van der Waals surface area contributed by atoms with Crippen LogP contribution in [0.15, 0.2) is 23.1 Å². The maximum Gasteiger partial charge on any atom is 0.290 e. The molecule has 1 aromatic rings. The second kappa shape index (κ2) is 6.69. The Morgan fingerprint density at radius 2 is 2.10 bits per heavy atom. The Bertz CT molecular complexity index is 635. The fraction of sp³-hybridized carbons (Fsp3) is 0.500. The highest BCUT2D eigenvalue weighted by atomic mass is 35.5. The molecule has 7 nitrogen and oxygen atoms in total. The van der Waals surface area contributed by atoms with Gasteiger partial charge in [0.2, 0.25) is 10.0 Å². The summed E-state index contributed by atoms with van der Waals surface area (Å²) >= 11 is 5.67. The Balaban J connectivity index is 3.29. The van der Waals surface area contributed by atoms with Crippen molar-refractivity contribution in [2.24, 2.45) is 0 Å². The number of nitro benzene ring substituents is 1. The molecule has 21 heavy (non-hydrogen) atoms. The summed E-state index contributed by atoms with van der Waals surface area (Å²) in [6, 6.07) is 3.36. The Kier molecular flexibility index (Phi) is 5.68. The SMILES string of the molecule is CCC(C)(CCO)NS(=O)(=O)c1ccc(Cl)cc1[N+](=O)[O-]. The van der Waals surface area contributed by atoms with Gasteiger partial charge in [0.1, 0.15) is 0 Å². The lowest BCUT2D eigenvalue weighted by Gasteiger charge is -2.28. The summed E-state index contributed by atoms with van der Waals surface area (Å²) in [5, 5.41) is 20.1. The van der Waals surface area contributed by atoms with Gasteiger partial charge in [-0.05, 0) is 31.9 Å². The van der Waals surface area contributed by atoms with Crippen LogP contribution in [-0.4, -0.2) is 30.6 Å². The minimum absolute atomic E-state index is 0.0780. The van der Waals surface area contributed by atoms with Crippen LogP contribution in [0.1, 0.15) is 26.7 Å². The third-order valence-corrected chi connectivity index (χ3v) is 5.15. The van der Waals surface area contributed by atoms with Crippen LogP contribution in [0.2, 0.25) is 5.02 Å². The number of sulfonamides is 1. The van der Waals surface area contributed by atoms with Crippen LogP contribution in [0.25, 0.3) is 0 Å². The molecule has 2 N–H and O–H groups in total. The number of hydrogen-bond donors (Lipinski definition) is 2. The van der Waals surface area contributed by atoms with E-state index in [0.29, 0.717) is 6.42 Å². The fourth-order valence-electron chi connectivity index (χ4n) is 1.79. The summed E-state index contributed by atoms with van der Waals surface area (Å²) in [5.74, 6) is 0. The molecule has 0 fully saturated rings. The molecule has 1 rings (SSSR count). The van der Waals surface area contributed by atoms with Gasteiger partial charge < -0.3 is 5.11 Å². The maximum absolute atomic E-state index is 12.4. The molecule has 0 radical (unpaired) electrons. The van der Waals surface area contributed by atoms with Crippen molar-refractivity contribution in [3.63, 3.8) is 0 Å². The number of nitro groups is 1. The van der Waals surface area contributed by atoms with E-state index in [0.717, 1.165) is 12.1 Å². The first-order valence-corrected chi connectivity index (χ1v) is 8.10. The smallest absolute Gasteiger partial charge is 0.290 e. The van der Waals surface area contributed by atoms with Crippen LogP contribution < -0.4 is 4.72 Å². The zero-order valence-corrected chi connectivity index (χ0v) is 13.2. The van der Waals surface area contributed by atoms with Gasteiger partial charge in [0.05, 0.1) is 4.92 Å². The molecule has 0 amide bonds. The van der Waals surface area contributed by atoms with Gasteiger partial charge in [-0.25, -0.2) is 13.1 Å². The Hall–Kier alpha value is -1.22. The largest absolute Gasteiger partial charge is 0.396 e. The molecular formula is C12H17ClN2O5S. The Morgan fingerprint density at radius 1 is 1.48 bits per heavy atom. The second-order valence-corrected chi connectivity index (χ2v) is 6.95. The van der Waals surface area contributed by atoms with Crippen LogP contribution in [-0.2, 0) is 10.0 Å². The zero-order valence-electron chi connectivity index (χ0n) is 11.7. The lowest BCUT2D eigenvalue weighted by molar-refractivity contribution is -0.387. The van der Waals surface area contributed by atoms with E-state index in [4.69, 9.17) is 16.7 Å². The standard InChI is InChI=1S/C12H17ClN2O5S/c1-3-12(2,6-7-16)14-21(19,20)11-5-4-9(13)8-10(11)15(17)18/h4-5,8,14,16H,3,6-7H2,1-2H3. The van der Waals surface area contributed by atoms with E-state index < -0.39 is 31.1 Å². The molecule has 0 aromatic heterocycles. The Morgan fingerprint density at radius 3 is 2.57 bits per heavy atom. The number of hydrogen-bond acceptors (Lipinski definition) is 5. The highest BCUT2D eigenvalue weighted by Gasteiger charge is 2.33. The monoisotopic (exact) mass is 336 g/mol. The first-order chi connectivity index (χ1) is 9.65. The number of nitrogens with zero attached hydrogens (tertiary/aromatic N) is 1. The second-order valence-electron chi connectivity index (χ2n) is 4.86. The molecule has 1 unspecified atom stereocenters. The molecule has 1 aromatic carbocycles. The van der Waals surface area contributed by atoms with Crippen molar-refractivity contribution in [3.8, 4) is 0 Å². The molecule has 9 heteroatoms. The first kappa shape index (κ1) is 17.8. The number of halogens is 1. The maximum atomic E-state index is 12.4. The number of nitrogens with one attached hydrogen (secondary N) is 1. The topological polar surface area (TPSA) is 110 Å². The van der Waals surface area contributed by atoms with E-state index in [2.05, 4.69) is 4.72 Å². The van der Waals surface area contributed by atoms with Gasteiger partial charge in [-0.15, -0.1) is 0 Å². The highest BCUT2D eigenvalue weighted by molar-refractivity contribution is 7.89. The molecular weight excluding hydrogens is 320 g/mol. The van der Waals surface area contributed by atoms with Crippen molar-refractivity contribution in [1.82, 2.24) is 4.72 Å². The molecule has 0 bridgehead atoms. The molecule has 0 aliphatic heterocycles. The predicted molar refractivity (Wildman–Crippen MR) is 78.8 cm³/mol. The van der Waals surface area contributed by atoms with Gasteiger partial charge in [0.25, 0.3) is 5.69 Å². The minimum atomic E-state index is -4.11. The molecule has 0 aliphatic carbocycles. The third-order valence-electron chi connectivity index (χ3n) is 3.23. The summed E-state index contributed by atoms with van der Waals surface area (Å²) in [6.45, 7) is 3.19. The van der Waals surface area contributed by atoms with Crippen LogP contribution in [0.5, 0.6) is 0 Å². The highest BCUT2D eigenvalue weighted by Crippen LogP contribution is 2.28. The number of aliphatic hydroxyl groups is 1. The quantitative estimate of drug-likeness (QED) is 0.585. The summed E-state index contributed by atoms with van der Waals surface area (Å²) in [5.41, 5.74) is -1.47. The summed E-state index contributed by atoms with van der Waals surface area (Å²) in [7, 11) is -4.11. The third kappa shape index (κ3) is 4.37. The van der Waals surface area contributed by atoms with Gasteiger partial charge in [-0.3, -0.25) is 10.1 Å². The van der Waals surface area contributed by atoms with Crippen molar-refractivity contribution in [3.05, 3.63) is 33.3 Å². The summed E-state index contributed by atoms with van der Waals surface area (Å²) in [4.78, 5) is 9.75. The minimum Gasteiger partial charge on any atom is -0.396 e. The van der Waals surface area contributed by atoms with Crippen molar-refractivity contribution < 1.29 is 18.4 Å². The van der Waals surface area contributed by atoms with E-state index in [9.17, 15) is 18.5 Å². The fourth-order valence-corrected chi connectivity index (χ4v) is 3.61. The number of rotatable bonds is 7. The van der Waals surface area contributed by atoms with Gasteiger partial charge in [-0.2, -0.15) is 0 Å². The molecule has 0 saturated heterocycles. The lowest BCUT2D eigenvalue weighted by atomic mass is 9.97. The predicted octanol–water partition coefficient (Wildman–Crippen LogP) is 2.08. The van der Waals surface area contributed by atoms with Crippen molar-refractivity contribution in [1.29, 1.82) is 0 Å². The van der Waals surface area contributed by atoms with Gasteiger partial charge in [0, 0.05) is 23.2 Å². The van der Waals surface area contributed by atoms with Gasteiger partial charge in [-0.1, -0.05) is 18.5 Å². The van der Waals surface area contributed by atoms with E-state index >= 15 is 0 Å². The molecule has 0 aliphatic rings. The van der Waals surface area contributed by atoms with E-state index in [-0.39, 0.29) is 18.1 Å². The average Bonchev–Trinajstić information content (AvgIpc) is 2.37. The molecule has 1 atom stereocenters. The van der Waals surface area contributed by atoms with Crippen molar-refractivity contribution in [2.75, 3.05) is 6.61 Å². The molecule has 0 saturated carbocycles. The number of aliphatic hydroxyl groups excluding tert-OH is 1. The normalized spacial score (nSPS) is 14.7. The van der Waals surface area contributed by atoms with E-state index in [1.165, 1.54) is 6.07 Å². The molecule has 0 heterocycles. The summed E-state index contributed by atoms with van der Waals surface area (Å²) in [6.07, 6.45) is 0.623. The summed E-state index contributed by atoms with van der Waals surface area (Å²) < 4.78 is 27.2. The van der Waals surface area contributed by atoms with E-state index in [1.54, 1.807) is 13.8 Å². The van der Waals surface area contributed by atoms with Crippen LogP contribution in [0, 0.1) is 10.1 Å². The Labute approximate surface area is 128 Å². The van der Waals surface area contributed by atoms with Crippen LogP contribution in [0.3, 0.4) is 0 Å². The van der Waals surface area contributed by atoms with Crippen molar-refractivity contribution in [2.45, 2.75) is 37.1 Å². The van der Waals surface area contributed by atoms with Crippen LogP contribution in [0.4, 0.5) is 5.69 Å². The van der Waals surface area contributed by atoms with Gasteiger partial charge in [0.15, 0.2) is 4.90 Å². The first-order valence-electron chi connectivity index (χ1n) is 6.24. The zero-order chi connectivity index (χ0) is 16.3. The van der Waals surface area contributed by atoms with Gasteiger partial charge >= 0.3 is 0 Å². The lowest BCUT2D eigenvalue weighted by Crippen LogP contribution is -2.46. The van der Waals surface area contributed by atoms with Crippen molar-refractivity contribution >= 4 is 27.3 Å². The van der Waals surface area contributed by atoms with Crippen LogP contribution >= 0.6 is 11.6 Å². The number of benzene rings is 1. The molecule has 0 spiro atoms. The molecule has 118 valence electrons. The average molecular weight is 337 g/mol. The van der Waals surface area contributed by atoms with E-state index in [1.807, 2.05) is 0 Å².